The van der Waals surface area contributed by atoms with Crippen LogP contribution in [-0.2, 0) is 9.59 Å². The summed E-state index contributed by atoms with van der Waals surface area (Å²) in [5, 5.41) is 14.1. The van der Waals surface area contributed by atoms with Crippen LogP contribution < -0.4 is 15.4 Å². The van der Waals surface area contributed by atoms with Gasteiger partial charge in [0.2, 0.25) is 11.7 Å². The number of halogens is 5. The van der Waals surface area contributed by atoms with E-state index in [1.165, 1.54) is 19.9 Å². The molecule has 168 valence electrons. The molecule has 0 fully saturated rings. The molecule has 0 heterocycles. The third-order valence-electron chi connectivity index (χ3n) is 4.35. The van der Waals surface area contributed by atoms with E-state index < -0.39 is 52.7 Å². The number of carbonyl (C=O) groups is 2. The summed E-state index contributed by atoms with van der Waals surface area (Å²) in [4.78, 5) is 23.6. The molecule has 3 N–H and O–H groups in total. The number of amides is 2. The highest BCUT2D eigenvalue weighted by Gasteiger charge is 2.23. The van der Waals surface area contributed by atoms with E-state index in [1.54, 1.807) is 0 Å². The zero-order valence-corrected chi connectivity index (χ0v) is 17.3. The largest absolute Gasteiger partial charge is 0.506 e. The molecule has 0 aliphatic heterocycles. The first-order valence-corrected chi connectivity index (χ1v) is 9.40. The predicted octanol–water partition coefficient (Wildman–Crippen LogP) is 5.12. The number of aromatic hydroxyl groups is 1. The van der Waals surface area contributed by atoms with Gasteiger partial charge in [0, 0.05) is 18.4 Å². The highest BCUT2D eigenvalue weighted by atomic mass is 35.5. The first-order valence-electron chi connectivity index (χ1n) is 9.02. The number of benzene rings is 3. The third-order valence-corrected chi connectivity index (χ3v) is 4.66. The van der Waals surface area contributed by atoms with Gasteiger partial charge in [-0.3, -0.25) is 9.59 Å². The van der Waals surface area contributed by atoms with Crippen LogP contribution in [0.3, 0.4) is 0 Å². The number of hydrogen-bond donors (Lipinski definition) is 3. The monoisotopic (exact) mass is 470 g/mol. The molecule has 0 aliphatic rings. The van der Waals surface area contributed by atoms with E-state index in [-0.39, 0.29) is 27.2 Å². The second-order valence-corrected chi connectivity index (χ2v) is 7.18. The van der Waals surface area contributed by atoms with Crippen molar-refractivity contribution in [3.63, 3.8) is 0 Å². The Balaban J connectivity index is 1.87. The summed E-state index contributed by atoms with van der Waals surface area (Å²) in [6, 6.07) is 4.22. The molecule has 1 unspecified atom stereocenters. The van der Waals surface area contributed by atoms with Crippen LogP contribution in [0.25, 0.3) is 10.8 Å². The number of carbonyl (C=O) groups excluding carboxylic acids is 2. The highest BCUT2D eigenvalue weighted by Crippen LogP contribution is 2.35. The Kier molecular flexibility index (Phi) is 6.45. The normalized spacial score (nSPS) is 11.8. The summed E-state index contributed by atoms with van der Waals surface area (Å²) < 4.78 is 60.6. The van der Waals surface area contributed by atoms with Crippen molar-refractivity contribution in [3.8, 4) is 11.5 Å². The van der Waals surface area contributed by atoms with Gasteiger partial charge in [-0.1, -0.05) is 11.6 Å². The zero-order valence-electron chi connectivity index (χ0n) is 16.5. The SMILES string of the molecule is CC(=O)Nc1cc(Cl)c(NC(=O)C(C)Oc2c(F)c(F)cc3cc(F)c(F)cc23)cc1O. The lowest BCUT2D eigenvalue weighted by Crippen LogP contribution is -2.30. The molecule has 0 saturated heterocycles. The molecular formula is C21H15ClF4N2O4. The molecule has 0 saturated carbocycles. The van der Waals surface area contributed by atoms with Crippen molar-refractivity contribution in [2.75, 3.05) is 10.6 Å². The lowest BCUT2D eigenvalue weighted by molar-refractivity contribution is -0.122. The summed E-state index contributed by atoms with van der Waals surface area (Å²) in [6.45, 7) is 2.42. The number of anilines is 2. The number of ether oxygens (including phenoxy) is 1. The lowest BCUT2D eigenvalue weighted by atomic mass is 10.1. The molecule has 3 rings (SSSR count). The molecule has 11 heteroatoms. The first-order chi connectivity index (χ1) is 15.0. The van der Waals surface area contributed by atoms with Gasteiger partial charge < -0.3 is 20.5 Å². The molecule has 0 aromatic heterocycles. The maximum atomic E-state index is 14.3. The topological polar surface area (TPSA) is 87.7 Å². The summed E-state index contributed by atoms with van der Waals surface area (Å²) in [5.41, 5.74) is -0.0521. The molecule has 0 aliphatic carbocycles. The molecular weight excluding hydrogens is 456 g/mol. The van der Waals surface area contributed by atoms with Gasteiger partial charge in [-0.05, 0) is 36.6 Å². The average molecular weight is 471 g/mol. The molecule has 2 amide bonds. The van der Waals surface area contributed by atoms with E-state index in [0.717, 1.165) is 6.07 Å². The number of nitrogens with one attached hydrogen (secondary N) is 2. The minimum Gasteiger partial charge on any atom is -0.506 e. The van der Waals surface area contributed by atoms with Crippen molar-refractivity contribution < 1.29 is 37.0 Å². The molecule has 1 atom stereocenters. The van der Waals surface area contributed by atoms with Crippen LogP contribution in [-0.4, -0.2) is 23.0 Å². The molecule has 3 aromatic carbocycles. The highest BCUT2D eigenvalue weighted by molar-refractivity contribution is 6.34. The first kappa shape index (κ1) is 23.1. The Morgan fingerprint density at radius 2 is 1.59 bits per heavy atom. The number of rotatable bonds is 5. The van der Waals surface area contributed by atoms with Gasteiger partial charge in [0.25, 0.3) is 5.91 Å². The van der Waals surface area contributed by atoms with Gasteiger partial charge in [-0.25, -0.2) is 13.2 Å². The predicted molar refractivity (Wildman–Crippen MR) is 110 cm³/mol. The van der Waals surface area contributed by atoms with E-state index in [1.807, 2.05) is 0 Å². The van der Waals surface area contributed by atoms with Gasteiger partial charge in [0.15, 0.2) is 29.3 Å². The van der Waals surface area contributed by atoms with Crippen LogP contribution in [0.15, 0.2) is 30.3 Å². The number of fused-ring (bicyclic) bond motifs is 1. The number of phenolic OH excluding ortho intramolecular Hbond substituents is 1. The third kappa shape index (κ3) is 4.70. The molecule has 0 spiro atoms. The van der Waals surface area contributed by atoms with Gasteiger partial charge in [0.05, 0.1) is 16.4 Å². The maximum Gasteiger partial charge on any atom is 0.265 e. The van der Waals surface area contributed by atoms with Crippen LogP contribution >= 0.6 is 11.6 Å². The molecule has 6 nitrogen and oxygen atoms in total. The van der Waals surface area contributed by atoms with Crippen molar-refractivity contribution in [3.05, 3.63) is 58.6 Å². The smallest absolute Gasteiger partial charge is 0.265 e. The minimum atomic E-state index is -1.49. The Bertz CT molecular complexity index is 1250. The van der Waals surface area contributed by atoms with E-state index in [0.29, 0.717) is 18.2 Å². The summed E-state index contributed by atoms with van der Waals surface area (Å²) >= 11 is 6.05. The Morgan fingerprint density at radius 1 is 0.969 bits per heavy atom. The van der Waals surface area contributed by atoms with Crippen molar-refractivity contribution in [1.29, 1.82) is 0 Å². The van der Waals surface area contributed by atoms with E-state index >= 15 is 0 Å². The fourth-order valence-corrected chi connectivity index (χ4v) is 3.04. The Hall–Kier alpha value is -3.53. The van der Waals surface area contributed by atoms with Crippen LogP contribution in [0.5, 0.6) is 11.5 Å². The summed E-state index contributed by atoms with van der Waals surface area (Å²) in [7, 11) is 0. The molecule has 0 radical (unpaired) electrons. The minimum absolute atomic E-state index is 0.00681. The van der Waals surface area contributed by atoms with E-state index in [9.17, 15) is 32.3 Å². The van der Waals surface area contributed by atoms with Crippen molar-refractivity contribution in [1.82, 2.24) is 0 Å². The zero-order chi connectivity index (χ0) is 23.7. The second kappa shape index (κ2) is 8.91. The van der Waals surface area contributed by atoms with Crippen molar-refractivity contribution in [2.24, 2.45) is 0 Å². The molecule has 0 bridgehead atoms. The number of hydrogen-bond acceptors (Lipinski definition) is 4. The van der Waals surface area contributed by atoms with Crippen LogP contribution in [0.4, 0.5) is 28.9 Å². The van der Waals surface area contributed by atoms with Crippen LogP contribution in [0, 0.1) is 23.3 Å². The summed E-state index contributed by atoms with van der Waals surface area (Å²) in [6.07, 6.45) is -1.45. The standard InChI is InChI=1S/C21H15ClF4N2O4/c1-8(21(31)28-16-7-18(30)17(6-12(16)22)27-9(2)29)32-20-11-5-14(24)13(23)3-10(11)4-15(25)19(20)26/h3-8,30H,1-2H3,(H,27,29)(H,28,31). The van der Waals surface area contributed by atoms with Crippen LogP contribution in [0.1, 0.15) is 13.8 Å². The van der Waals surface area contributed by atoms with Gasteiger partial charge in [0.1, 0.15) is 5.75 Å². The molecule has 3 aromatic rings. The average Bonchev–Trinajstić information content (AvgIpc) is 2.70. The van der Waals surface area contributed by atoms with E-state index in [4.69, 9.17) is 16.3 Å². The fourth-order valence-electron chi connectivity index (χ4n) is 2.83. The Morgan fingerprint density at radius 3 is 2.25 bits per heavy atom. The van der Waals surface area contributed by atoms with E-state index in [2.05, 4.69) is 10.6 Å². The van der Waals surface area contributed by atoms with Crippen molar-refractivity contribution in [2.45, 2.75) is 20.0 Å². The van der Waals surface area contributed by atoms with Crippen LogP contribution in [0.2, 0.25) is 5.02 Å². The van der Waals surface area contributed by atoms with Gasteiger partial charge in [-0.2, -0.15) is 4.39 Å². The number of phenols is 1. The van der Waals surface area contributed by atoms with Gasteiger partial charge >= 0.3 is 0 Å². The second-order valence-electron chi connectivity index (χ2n) is 6.77. The quantitative estimate of drug-likeness (QED) is 0.357. The fraction of sp³-hybridized carbons (Fsp3) is 0.143. The summed E-state index contributed by atoms with van der Waals surface area (Å²) in [5.74, 6) is -7.96. The lowest BCUT2D eigenvalue weighted by Gasteiger charge is -2.18. The van der Waals surface area contributed by atoms with Crippen molar-refractivity contribution >= 4 is 45.6 Å². The maximum absolute atomic E-state index is 14.3. The van der Waals surface area contributed by atoms with Gasteiger partial charge in [-0.15, -0.1) is 0 Å². The molecule has 32 heavy (non-hydrogen) atoms. The Labute approximate surface area is 183 Å².